The molecule has 4 aliphatic rings. The molecule has 0 aromatic carbocycles. The minimum Gasteiger partial charge on any atom is -0.393 e. The van der Waals surface area contributed by atoms with Gasteiger partial charge in [-0.05, 0) is 116 Å². The monoisotopic (exact) mass is 435 g/mol. The van der Waals surface area contributed by atoms with Crippen LogP contribution in [0.4, 0.5) is 0 Å². The van der Waals surface area contributed by atoms with Gasteiger partial charge < -0.3 is 15.3 Å². The maximum atomic E-state index is 11.6. The van der Waals surface area contributed by atoms with Gasteiger partial charge in [-0.3, -0.25) is 0 Å². The minimum atomic E-state index is -0.299. The molecule has 4 rings (SSSR count). The molecule has 0 saturated heterocycles. The Morgan fingerprint density at radius 2 is 1.83 bits per heavy atom. The zero-order chi connectivity index (χ0) is 21.7. The molecule has 0 aromatic rings. The van der Waals surface area contributed by atoms with Crippen molar-refractivity contribution in [2.24, 2.45) is 51.3 Å². The Balaban J connectivity index is 1.56. The van der Waals surface area contributed by atoms with E-state index in [9.17, 15) is 15.3 Å². The van der Waals surface area contributed by atoms with Gasteiger partial charge in [0.05, 0.1) is 23.5 Å². The van der Waals surface area contributed by atoms with Crippen molar-refractivity contribution in [1.29, 1.82) is 0 Å². The molecule has 11 atom stereocenters. The highest BCUT2D eigenvalue weighted by molar-refractivity contribution is 7.78. The zero-order valence-electron chi connectivity index (χ0n) is 19.0. The van der Waals surface area contributed by atoms with Gasteiger partial charge in [0.15, 0.2) is 0 Å². The highest BCUT2D eigenvalue weighted by atomic mass is 32.1. The third kappa shape index (κ3) is 3.53. The fraction of sp³-hybridized carbons (Fsp3) is 0.960. The molecule has 30 heavy (non-hydrogen) atoms. The number of aliphatic hydroxyl groups excluding tert-OH is 3. The van der Waals surface area contributed by atoms with Gasteiger partial charge in [0.1, 0.15) is 0 Å². The summed E-state index contributed by atoms with van der Waals surface area (Å²) in [4.78, 5) is 4.06. The van der Waals surface area contributed by atoms with E-state index in [2.05, 4.69) is 43.1 Å². The van der Waals surface area contributed by atoms with Gasteiger partial charge in [0.2, 0.25) is 0 Å². The number of aliphatic imine (C=N–C) groups is 1. The van der Waals surface area contributed by atoms with E-state index in [1.807, 2.05) is 0 Å². The Morgan fingerprint density at radius 3 is 2.57 bits per heavy atom. The van der Waals surface area contributed by atoms with Crippen LogP contribution < -0.4 is 0 Å². The van der Waals surface area contributed by atoms with Crippen molar-refractivity contribution in [1.82, 2.24) is 0 Å². The SMILES string of the molecule is C[C@@H](CCCN=C=S)[C@H]1CC[C@H]2[C@@H]3[C@H](O)C[C@@H]4C[C@H](O)CC[C@]4(C)[C@H]3C[C@H](O)[C@]12C. The van der Waals surface area contributed by atoms with Crippen molar-refractivity contribution in [3.05, 3.63) is 0 Å². The lowest BCUT2D eigenvalue weighted by Gasteiger charge is -2.63. The van der Waals surface area contributed by atoms with Crippen LogP contribution in [0.3, 0.4) is 0 Å². The average Bonchev–Trinajstić information content (AvgIpc) is 3.06. The summed E-state index contributed by atoms with van der Waals surface area (Å²) in [6.07, 6.45) is 7.97. The van der Waals surface area contributed by atoms with Crippen molar-refractivity contribution >= 4 is 17.4 Å². The van der Waals surface area contributed by atoms with Crippen LogP contribution in [0.15, 0.2) is 4.99 Å². The van der Waals surface area contributed by atoms with E-state index < -0.39 is 0 Å². The number of hydrogen-bond acceptors (Lipinski definition) is 5. The molecule has 0 aromatic heterocycles. The van der Waals surface area contributed by atoms with Gasteiger partial charge in [-0.1, -0.05) is 20.8 Å². The normalized spacial score (nSPS) is 51.3. The number of nitrogens with zero attached hydrogens (tertiary/aromatic N) is 1. The molecule has 0 bridgehead atoms. The van der Waals surface area contributed by atoms with Crippen molar-refractivity contribution in [3.63, 3.8) is 0 Å². The molecule has 0 radical (unpaired) electrons. The molecule has 0 amide bonds. The standard InChI is InChI=1S/C25H41NO3S/c1-15(5-4-10-26-14-30)18-6-7-19-23-20(13-22(29)25(18,19)3)24(2)9-8-17(27)11-16(24)12-21(23)28/h15-23,27-29H,4-13H2,1-3H3/t15-,16-,17+,18+,19-,20-,21+,22-,23-,24-,25+/m0/s1. The second-order valence-electron chi connectivity index (χ2n) is 11.6. The lowest BCUT2D eigenvalue weighted by atomic mass is 9.43. The van der Waals surface area contributed by atoms with Crippen molar-refractivity contribution in [3.8, 4) is 0 Å². The van der Waals surface area contributed by atoms with Crippen LogP contribution >= 0.6 is 12.2 Å². The molecule has 5 heteroatoms. The summed E-state index contributed by atoms with van der Waals surface area (Å²) in [6.45, 7) is 7.82. The molecule has 4 saturated carbocycles. The van der Waals surface area contributed by atoms with Gasteiger partial charge in [-0.2, -0.15) is 0 Å². The Hall–Kier alpha value is -0.320. The molecule has 4 aliphatic carbocycles. The fourth-order valence-electron chi connectivity index (χ4n) is 8.87. The number of rotatable bonds is 5. The summed E-state index contributed by atoms with van der Waals surface area (Å²) in [5.41, 5.74) is 0.0419. The van der Waals surface area contributed by atoms with Crippen LogP contribution in [-0.4, -0.2) is 45.3 Å². The molecule has 0 unspecified atom stereocenters. The molecular weight excluding hydrogens is 394 g/mol. The van der Waals surface area contributed by atoms with Crippen molar-refractivity contribution in [2.75, 3.05) is 6.54 Å². The minimum absolute atomic E-state index is 0.105. The Labute approximate surface area is 187 Å². The van der Waals surface area contributed by atoms with Gasteiger partial charge in [-0.25, -0.2) is 4.99 Å². The first kappa shape index (κ1) is 22.9. The van der Waals surface area contributed by atoms with E-state index in [0.29, 0.717) is 35.5 Å². The predicted molar refractivity (Wildman–Crippen MR) is 122 cm³/mol. The summed E-state index contributed by atoms with van der Waals surface area (Å²) in [5.74, 6) is 2.50. The van der Waals surface area contributed by atoms with Gasteiger partial charge in [0.25, 0.3) is 0 Å². The molecular formula is C25H41NO3S. The van der Waals surface area contributed by atoms with Crippen LogP contribution in [0.25, 0.3) is 0 Å². The summed E-state index contributed by atoms with van der Waals surface area (Å²) < 4.78 is 0. The molecule has 170 valence electrons. The average molecular weight is 436 g/mol. The third-order valence-electron chi connectivity index (χ3n) is 10.5. The maximum Gasteiger partial charge on any atom is 0.0602 e. The predicted octanol–water partition coefficient (Wildman–Crippen LogP) is 4.47. The van der Waals surface area contributed by atoms with Gasteiger partial charge in [-0.15, -0.1) is 0 Å². The van der Waals surface area contributed by atoms with Crippen LogP contribution in [0.2, 0.25) is 0 Å². The van der Waals surface area contributed by atoms with Gasteiger partial charge in [0, 0.05) is 6.54 Å². The Morgan fingerprint density at radius 1 is 1.07 bits per heavy atom. The van der Waals surface area contributed by atoms with Crippen molar-refractivity contribution < 1.29 is 15.3 Å². The van der Waals surface area contributed by atoms with E-state index in [1.54, 1.807) is 0 Å². The highest BCUT2D eigenvalue weighted by Gasteiger charge is 2.65. The number of isothiocyanates is 1. The number of aliphatic hydroxyl groups is 3. The van der Waals surface area contributed by atoms with Crippen molar-refractivity contribution in [2.45, 2.75) is 96.9 Å². The first-order chi connectivity index (χ1) is 14.2. The number of hydrogen-bond donors (Lipinski definition) is 3. The van der Waals surface area contributed by atoms with E-state index in [0.717, 1.165) is 64.3 Å². The van der Waals surface area contributed by atoms with Crippen LogP contribution in [0, 0.1) is 46.3 Å². The van der Waals surface area contributed by atoms with Crippen LogP contribution in [0.1, 0.15) is 78.6 Å². The topological polar surface area (TPSA) is 73.1 Å². The van der Waals surface area contributed by atoms with E-state index in [4.69, 9.17) is 0 Å². The van der Waals surface area contributed by atoms with Crippen LogP contribution in [-0.2, 0) is 0 Å². The molecule has 0 heterocycles. The first-order valence-electron chi connectivity index (χ1n) is 12.3. The maximum absolute atomic E-state index is 11.6. The molecule has 4 nitrogen and oxygen atoms in total. The summed E-state index contributed by atoms with van der Waals surface area (Å²) in [6, 6.07) is 0. The summed E-state index contributed by atoms with van der Waals surface area (Å²) in [7, 11) is 0. The number of thiocarbonyl (C=S) groups is 1. The van der Waals surface area contributed by atoms with E-state index >= 15 is 0 Å². The second-order valence-corrected chi connectivity index (χ2v) is 11.8. The quantitative estimate of drug-likeness (QED) is 0.338. The summed E-state index contributed by atoms with van der Waals surface area (Å²) >= 11 is 4.68. The van der Waals surface area contributed by atoms with Gasteiger partial charge >= 0.3 is 0 Å². The molecule has 4 fully saturated rings. The second kappa shape index (κ2) is 8.56. The largest absolute Gasteiger partial charge is 0.393 e. The van der Waals surface area contributed by atoms with E-state index in [1.165, 1.54) is 0 Å². The van der Waals surface area contributed by atoms with E-state index in [-0.39, 0.29) is 29.1 Å². The fourth-order valence-corrected chi connectivity index (χ4v) is 8.96. The smallest absolute Gasteiger partial charge is 0.0602 e. The highest BCUT2D eigenvalue weighted by Crippen LogP contribution is 2.68. The number of fused-ring (bicyclic) bond motifs is 5. The van der Waals surface area contributed by atoms with Crippen LogP contribution in [0.5, 0.6) is 0 Å². The third-order valence-corrected chi connectivity index (χ3v) is 10.6. The Kier molecular flexibility index (Phi) is 6.52. The lowest BCUT2D eigenvalue weighted by Crippen LogP contribution is -2.62. The molecule has 0 spiro atoms. The molecule has 0 aliphatic heterocycles. The lowest BCUT2D eigenvalue weighted by molar-refractivity contribution is -0.207. The molecule has 3 N–H and O–H groups in total. The first-order valence-corrected chi connectivity index (χ1v) is 12.7. The Bertz CT molecular complexity index is 681. The zero-order valence-corrected chi connectivity index (χ0v) is 19.8. The summed E-state index contributed by atoms with van der Waals surface area (Å²) in [5, 5.41) is 35.6.